The second kappa shape index (κ2) is 5.83. The molecule has 6 heteroatoms. The van der Waals surface area contributed by atoms with Crippen molar-refractivity contribution in [3.63, 3.8) is 0 Å². The molecule has 17 heavy (non-hydrogen) atoms. The Morgan fingerprint density at radius 1 is 1.35 bits per heavy atom. The van der Waals surface area contributed by atoms with Gasteiger partial charge in [0.25, 0.3) is 0 Å². The lowest BCUT2D eigenvalue weighted by Crippen LogP contribution is -2.09. The van der Waals surface area contributed by atoms with Crippen molar-refractivity contribution in [1.29, 1.82) is 0 Å². The van der Waals surface area contributed by atoms with Crippen molar-refractivity contribution in [1.82, 2.24) is 19.9 Å². The molecule has 2 N–H and O–H groups in total. The van der Waals surface area contributed by atoms with E-state index in [1.165, 1.54) is 0 Å². The molecule has 2 rings (SSSR count). The Morgan fingerprint density at radius 3 is 3.06 bits per heavy atom. The fraction of sp³-hybridized carbons (Fsp3) is 0.364. The van der Waals surface area contributed by atoms with Gasteiger partial charge in [0.2, 0.25) is 11.8 Å². The number of rotatable bonds is 6. The third kappa shape index (κ3) is 3.44. The number of nitrogens with one attached hydrogen (secondary N) is 2. The molecule has 0 saturated heterocycles. The summed E-state index contributed by atoms with van der Waals surface area (Å²) in [5.74, 6) is 2.10. The molecular weight excluding hydrogens is 218 g/mol. The molecule has 2 aromatic rings. The molecule has 90 valence electrons. The van der Waals surface area contributed by atoms with Gasteiger partial charge in [-0.05, 0) is 6.92 Å². The van der Waals surface area contributed by atoms with Gasteiger partial charge in [0.15, 0.2) is 0 Å². The van der Waals surface area contributed by atoms with Gasteiger partial charge in [-0.2, -0.15) is 4.98 Å². The highest BCUT2D eigenvalue weighted by atomic mass is 16.5. The van der Waals surface area contributed by atoms with E-state index < -0.39 is 0 Å². The number of H-pyrrole nitrogens is 1. The van der Waals surface area contributed by atoms with Crippen molar-refractivity contribution >= 4 is 5.95 Å². The fourth-order valence-electron chi connectivity index (χ4n) is 1.38. The average molecular weight is 233 g/mol. The molecule has 0 unspecified atom stereocenters. The van der Waals surface area contributed by atoms with Gasteiger partial charge in [-0.3, -0.25) is 0 Å². The quantitative estimate of drug-likeness (QED) is 0.785. The smallest absolute Gasteiger partial charge is 0.225 e. The number of imidazole rings is 1. The first-order valence-electron chi connectivity index (χ1n) is 5.56. The number of aromatic amines is 1. The van der Waals surface area contributed by atoms with Gasteiger partial charge in [0.1, 0.15) is 5.82 Å². The Bertz CT molecular complexity index is 443. The molecule has 0 aliphatic heterocycles. The zero-order valence-electron chi connectivity index (χ0n) is 9.68. The van der Waals surface area contributed by atoms with Gasteiger partial charge in [0, 0.05) is 37.6 Å². The molecular formula is C11H15N5O. The molecule has 0 aromatic carbocycles. The van der Waals surface area contributed by atoms with E-state index in [-0.39, 0.29) is 0 Å². The maximum atomic E-state index is 5.29. The lowest BCUT2D eigenvalue weighted by molar-refractivity contribution is 0.326. The molecule has 0 spiro atoms. The Hall–Kier alpha value is -2.11. The fourth-order valence-corrected chi connectivity index (χ4v) is 1.38. The molecule has 0 radical (unpaired) electrons. The lowest BCUT2D eigenvalue weighted by Gasteiger charge is -2.05. The van der Waals surface area contributed by atoms with Crippen molar-refractivity contribution in [3.05, 3.63) is 30.5 Å². The number of aromatic nitrogens is 4. The normalized spacial score (nSPS) is 10.2. The first-order valence-corrected chi connectivity index (χ1v) is 5.56. The largest absolute Gasteiger partial charge is 0.478 e. The summed E-state index contributed by atoms with van der Waals surface area (Å²) in [4.78, 5) is 15.5. The predicted molar refractivity (Wildman–Crippen MR) is 64.0 cm³/mol. The molecule has 0 fully saturated rings. The minimum absolute atomic E-state index is 0.572. The summed E-state index contributed by atoms with van der Waals surface area (Å²) >= 11 is 0. The van der Waals surface area contributed by atoms with E-state index in [1.807, 2.05) is 13.1 Å². The van der Waals surface area contributed by atoms with E-state index in [0.29, 0.717) is 18.4 Å². The standard InChI is InChI=1S/C11H15N5O/c1-2-17-10-4-6-15-11(16-10)14-5-3-9-12-7-8-13-9/h4,6-8H,2-3,5H2,1H3,(H,12,13)(H,14,15,16). The molecule has 0 saturated carbocycles. The van der Waals surface area contributed by atoms with Gasteiger partial charge >= 0.3 is 0 Å². The van der Waals surface area contributed by atoms with Gasteiger partial charge in [-0.15, -0.1) is 0 Å². The number of ether oxygens (including phenoxy) is 1. The van der Waals surface area contributed by atoms with Crippen molar-refractivity contribution < 1.29 is 4.74 Å². The number of hydrogen-bond acceptors (Lipinski definition) is 5. The third-order valence-corrected chi connectivity index (χ3v) is 2.12. The monoisotopic (exact) mass is 233 g/mol. The van der Waals surface area contributed by atoms with Crippen molar-refractivity contribution in [3.8, 4) is 5.88 Å². The summed E-state index contributed by atoms with van der Waals surface area (Å²) in [6.07, 6.45) is 6.02. The van der Waals surface area contributed by atoms with Crippen LogP contribution in [0, 0.1) is 0 Å². The van der Waals surface area contributed by atoms with Crippen LogP contribution < -0.4 is 10.1 Å². The van der Waals surface area contributed by atoms with Crippen LogP contribution in [0.15, 0.2) is 24.7 Å². The van der Waals surface area contributed by atoms with Crippen LogP contribution >= 0.6 is 0 Å². The first kappa shape index (κ1) is 11.4. The average Bonchev–Trinajstić information content (AvgIpc) is 2.83. The Labute approximate surface area is 99.5 Å². The van der Waals surface area contributed by atoms with E-state index in [0.717, 1.165) is 18.8 Å². The molecule has 2 aromatic heterocycles. The molecule has 2 heterocycles. The van der Waals surface area contributed by atoms with Crippen LogP contribution in [0.5, 0.6) is 5.88 Å². The molecule has 0 atom stereocenters. The minimum atomic E-state index is 0.572. The summed E-state index contributed by atoms with van der Waals surface area (Å²) in [6, 6.07) is 1.74. The van der Waals surface area contributed by atoms with Crippen LogP contribution in [-0.2, 0) is 6.42 Å². The SMILES string of the molecule is CCOc1ccnc(NCCc2ncc[nH]2)n1. The van der Waals surface area contributed by atoms with Crippen LogP contribution in [0.25, 0.3) is 0 Å². The van der Waals surface area contributed by atoms with Crippen molar-refractivity contribution in [2.24, 2.45) is 0 Å². The summed E-state index contributed by atoms with van der Waals surface area (Å²) < 4.78 is 5.29. The van der Waals surface area contributed by atoms with Crippen LogP contribution in [0.2, 0.25) is 0 Å². The Kier molecular flexibility index (Phi) is 3.90. The van der Waals surface area contributed by atoms with Gasteiger partial charge in [-0.1, -0.05) is 0 Å². The zero-order chi connectivity index (χ0) is 11.9. The molecule has 0 bridgehead atoms. The molecule has 6 nitrogen and oxygen atoms in total. The molecule has 0 aliphatic rings. The second-order valence-corrected chi connectivity index (χ2v) is 3.36. The van der Waals surface area contributed by atoms with E-state index in [4.69, 9.17) is 4.74 Å². The summed E-state index contributed by atoms with van der Waals surface area (Å²) in [5.41, 5.74) is 0. The van der Waals surface area contributed by atoms with Gasteiger partial charge in [0.05, 0.1) is 6.61 Å². The Balaban J connectivity index is 1.84. The van der Waals surface area contributed by atoms with Crippen LogP contribution in [0.1, 0.15) is 12.7 Å². The van der Waals surface area contributed by atoms with E-state index in [1.54, 1.807) is 18.5 Å². The van der Waals surface area contributed by atoms with Crippen molar-refractivity contribution in [2.75, 3.05) is 18.5 Å². The maximum absolute atomic E-state index is 5.29. The van der Waals surface area contributed by atoms with E-state index in [9.17, 15) is 0 Å². The highest BCUT2D eigenvalue weighted by Gasteiger charge is 1.99. The van der Waals surface area contributed by atoms with Gasteiger partial charge < -0.3 is 15.0 Å². The van der Waals surface area contributed by atoms with Crippen LogP contribution in [-0.4, -0.2) is 33.1 Å². The molecule has 0 amide bonds. The van der Waals surface area contributed by atoms with E-state index in [2.05, 4.69) is 25.3 Å². The topological polar surface area (TPSA) is 75.7 Å². The third-order valence-electron chi connectivity index (χ3n) is 2.12. The van der Waals surface area contributed by atoms with Gasteiger partial charge in [-0.25, -0.2) is 9.97 Å². The van der Waals surface area contributed by atoms with E-state index >= 15 is 0 Å². The highest BCUT2D eigenvalue weighted by Crippen LogP contribution is 2.07. The summed E-state index contributed by atoms with van der Waals surface area (Å²) in [6.45, 7) is 3.25. The van der Waals surface area contributed by atoms with Crippen LogP contribution in [0.4, 0.5) is 5.95 Å². The lowest BCUT2D eigenvalue weighted by atomic mass is 10.4. The van der Waals surface area contributed by atoms with Crippen molar-refractivity contribution in [2.45, 2.75) is 13.3 Å². The maximum Gasteiger partial charge on any atom is 0.225 e. The predicted octanol–water partition coefficient (Wildman–Crippen LogP) is 1.25. The number of hydrogen-bond donors (Lipinski definition) is 2. The first-order chi connectivity index (χ1) is 8.38. The summed E-state index contributed by atoms with van der Waals surface area (Å²) in [5, 5.41) is 3.12. The summed E-state index contributed by atoms with van der Waals surface area (Å²) in [7, 11) is 0. The second-order valence-electron chi connectivity index (χ2n) is 3.36. The number of nitrogens with zero attached hydrogens (tertiary/aromatic N) is 3. The Morgan fingerprint density at radius 2 is 2.29 bits per heavy atom. The highest BCUT2D eigenvalue weighted by molar-refractivity contribution is 5.27. The minimum Gasteiger partial charge on any atom is -0.478 e. The number of anilines is 1. The zero-order valence-corrected chi connectivity index (χ0v) is 9.68. The van der Waals surface area contributed by atoms with Crippen LogP contribution in [0.3, 0.4) is 0 Å². The molecule has 0 aliphatic carbocycles.